The molecule has 12 heavy (non-hydrogen) atoms. The van der Waals surface area contributed by atoms with E-state index < -0.39 is 0 Å². The van der Waals surface area contributed by atoms with E-state index in [1.165, 1.54) is 0 Å². The third kappa shape index (κ3) is 7.54. The lowest BCUT2D eigenvalue weighted by molar-refractivity contribution is -0.123. The maximum atomic E-state index is 10.5. The first kappa shape index (κ1) is 11.4. The van der Waals surface area contributed by atoms with Crippen molar-refractivity contribution in [2.45, 2.75) is 20.8 Å². The number of amides is 1. The first-order valence-electron chi connectivity index (χ1n) is 4.47. The topological polar surface area (TPSA) is 32.3 Å². The van der Waals surface area contributed by atoms with Crippen LogP contribution in [0.25, 0.3) is 0 Å². The van der Waals surface area contributed by atoms with Crippen LogP contribution in [-0.2, 0) is 4.79 Å². The van der Waals surface area contributed by atoms with Crippen molar-refractivity contribution in [3.05, 3.63) is 0 Å². The zero-order valence-electron chi connectivity index (χ0n) is 8.55. The molecule has 0 radical (unpaired) electrons. The van der Waals surface area contributed by atoms with Crippen LogP contribution in [0.2, 0.25) is 0 Å². The Morgan fingerprint density at radius 2 is 1.92 bits per heavy atom. The molecule has 1 aliphatic heterocycles. The summed E-state index contributed by atoms with van der Waals surface area (Å²) in [6.45, 7) is 8.83. The zero-order valence-corrected chi connectivity index (χ0v) is 8.55. The second-order valence-electron chi connectivity index (χ2n) is 3.82. The van der Waals surface area contributed by atoms with Crippen LogP contribution in [-0.4, -0.2) is 37.5 Å². The molecule has 0 aromatic heterocycles. The lowest BCUT2D eigenvalue weighted by Gasteiger charge is -2.21. The van der Waals surface area contributed by atoms with Gasteiger partial charge in [0.1, 0.15) is 0 Å². The molecule has 0 spiro atoms. The van der Waals surface area contributed by atoms with Crippen molar-refractivity contribution >= 4 is 5.91 Å². The summed E-state index contributed by atoms with van der Waals surface area (Å²) < 4.78 is 0. The van der Waals surface area contributed by atoms with E-state index >= 15 is 0 Å². The van der Waals surface area contributed by atoms with Gasteiger partial charge in [-0.05, 0) is 13.0 Å². The summed E-state index contributed by atoms with van der Waals surface area (Å²) >= 11 is 0. The Labute approximate surface area is 75.1 Å². The van der Waals surface area contributed by atoms with E-state index in [1.54, 1.807) is 0 Å². The molecule has 3 nitrogen and oxygen atoms in total. The fraction of sp³-hybridized carbons (Fsp3) is 0.889. The van der Waals surface area contributed by atoms with E-state index in [2.05, 4.69) is 26.1 Å². The summed E-state index contributed by atoms with van der Waals surface area (Å²) in [4.78, 5) is 12.5. The van der Waals surface area contributed by atoms with Gasteiger partial charge in [0.05, 0.1) is 6.54 Å². The van der Waals surface area contributed by atoms with Gasteiger partial charge >= 0.3 is 0 Å². The van der Waals surface area contributed by atoms with Crippen LogP contribution in [0.3, 0.4) is 0 Å². The minimum Gasteiger partial charge on any atom is -0.354 e. The lowest BCUT2D eigenvalue weighted by Crippen LogP contribution is -2.45. The number of rotatable bonds is 0. The molecule has 3 heteroatoms. The maximum absolute atomic E-state index is 10.5. The highest BCUT2D eigenvalue weighted by molar-refractivity contribution is 5.78. The Bertz CT molecular complexity index is 132. The lowest BCUT2D eigenvalue weighted by atomic mass is 10.3. The predicted octanol–water partition coefficient (Wildman–Crippen LogP) is 0.710. The van der Waals surface area contributed by atoms with E-state index in [0.717, 1.165) is 19.0 Å². The van der Waals surface area contributed by atoms with Gasteiger partial charge in [0, 0.05) is 13.1 Å². The van der Waals surface area contributed by atoms with E-state index in [0.29, 0.717) is 6.54 Å². The van der Waals surface area contributed by atoms with Crippen LogP contribution < -0.4 is 5.32 Å². The van der Waals surface area contributed by atoms with E-state index in [1.807, 2.05) is 11.9 Å². The summed E-state index contributed by atoms with van der Waals surface area (Å²) in [6.07, 6.45) is 0. The molecule has 0 aromatic carbocycles. The van der Waals surface area contributed by atoms with Crippen molar-refractivity contribution in [1.29, 1.82) is 0 Å². The van der Waals surface area contributed by atoms with E-state index in [4.69, 9.17) is 0 Å². The van der Waals surface area contributed by atoms with Crippen LogP contribution in [0.5, 0.6) is 0 Å². The van der Waals surface area contributed by atoms with Crippen LogP contribution in [0, 0.1) is 5.92 Å². The number of hydrogen-bond donors (Lipinski definition) is 1. The van der Waals surface area contributed by atoms with Gasteiger partial charge in [-0.25, -0.2) is 0 Å². The highest BCUT2D eigenvalue weighted by atomic mass is 16.2. The molecular formula is C9H20N2O. The van der Waals surface area contributed by atoms with Gasteiger partial charge in [0.2, 0.25) is 5.91 Å². The molecule has 0 saturated carbocycles. The molecule has 0 atom stereocenters. The smallest absolute Gasteiger partial charge is 0.234 e. The van der Waals surface area contributed by atoms with Crippen molar-refractivity contribution in [2.75, 3.05) is 26.7 Å². The third-order valence-electron chi connectivity index (χ3n) is 1.23. The van der Waals surface area contributed by atoms with Crippen molar-refractivity contribution in [3.8, 4) is 0 Å². The molecule has 0 aliphatic carbocycles. The quantitative estimate of drug-likeness (QED) is 0.583. The van der Waals surface area contributed by atoms with Gasteiger partial charge in [-0.3, -0.25) is 9.69 Å². The molecular weight excluding hydrogens is 152 g/mol. The van der Waals surface area contributed by atoms with Crippen molar-refractivity contribution in [1.82, 2.24) is 10.2 Å². The normalized spacial score (nSPS) is 18.2. The summed E-state index contributed by atoms with van der Waals surface area (Å²) in [7, 11) is 1.94. The second kappa shape index (κ2) is 6.00. The third-order valence-corrected chi connectivity index (χ3v) is 1.23. The van der Waals surface area contributed by atoms with Crippen molar-refractivity contribution in [3.63, 3.8) is 0 Å². The van der Waals surface area contributed by atoms with Gasteiger partial charge in [-0.1, -0.05) is 20.8 Å². The SMILES string of the molecule is CC(C)C.CN1CCNC(=O)C1. The number of nitrogens with zero attached hydrogens (tertiary/aromatic N) is 1. The highest BCUT2D eigenvalue weighted by Gasteiger charge is 2.10. The average molecular weight is 172 g/mol. The molecule has 1 amide bonds. The number of hydrogen-bond acceptors (Lipinski definition) is 2. The Morgan fingerprint density at radius 1 is 1.42 bits per heavy atom. The maximum Gasteiger partial charge on any atom is 0.234 e. The molecule has 1 heterocycles. The Balaban J connectivity index is 0.000000261. The fourth-order valence-corrected chi connectivity index (χ4v) is 0.766. The van der Waals surface area contributed by atoms with Crippen LogP contribution in [0.15, 0.2) is 0 Å². The number of piperazine rings is 1. The van der Waals surface area contributed by atoms with Gasteiger partial charge in [0.15, 0.2) is 0 Å². The van der Waals surface area contributed by atoms with E-state index in [-0.39, 0.29) is 5.91 Å². The number of carbonyl (C=O) groups excluding carboxylic acids is 1. The minimum absolute atomic E-state index is 0.138. The number of likely N-dealkylation sites (N-methyl/N-ethyl adjacent to an activating group) is 1. The molecule has 0 bridgehead atoms. The van der Waals surface area contributed by atoms with Crippen molar-refractivity contribution in [2.24, 2.45) is 5.92 Å². The second-order valence-corrected chi connectivity index (χ2v) is 3.82. The summed E-state index contributed by atoms with van der Waals surface area (Å²) in [5, 5.41) is 2.73. The predicted molar refractivity (Wildman–Crippen MR) is 51.0 cm³/mol. The van der Waals surface area contributed by atoms with Gasteiger partial charge in [-0.2, -0.15) is 0 Å². The van der Waals surface area contributed by atoms with Crippen molar-refractivity contribution < 1.29 is 4.79 Å². The molecule has 1 N–H and O–H groups in total. The Kier molecular flexibility index (Phi) is 5.72. The molecule has 1 saturated heterocycles. The number of carbonyl (C=O) groups is 1. The molecule has 0 aromatic rings. The molecule has 1 aliphatic rings. The first-order chi connectivity index (χ1) is 5.52. The summed E-state index contributed by atoms with van der Waals surface area (Å²) in [5.74, 6) is 0.971. The van der Waals surface area contributed by atoms with E-state index in [9.17, 15) is 4.79 Å². The minimum atomic E-state index is 0.138. The monoisotopic (exact) mass is 172 g/mol. The Hall–Kier alpha value is -0.570. The molecule has 1 fully saturated rings. The largest absolute Gasteiger partial charge is 0.354 e. The van der Waals surface area contributed by atoms with Gasteiger partial charge < -0.3 is 5.32 Å². The Morgan fingerprint density at radius 3 is 2.17 bits per heavy atom. The fourth-order valence-electron chi connectivity index (χ4n) is 0.766. The highest BCUT2D eigenvalue weighted by Crippen LogP contribution is 1.85. The molecule has 0 unspecified atom stereocenters. The van der Waals surface area contributed by atoms with Crippen LogP contribution in [0.4, 0.5) is 0 Å². The molecule has 1 rings (SSSR count). The number of nitrogens with one attached hydrogen (secondary N) is 1. The van der Waals surface area contributed by atoms with Gasteiger partial charge in [-0.15, -0.1) is 0 Å². The van der Waals surface area contributed by atoms with Gasteiger partial charge in [0.25, 0.3) is 0 Å². The summed E-state index contributed by atoms with van der Waals surface area (Å²) in [6, 6.07) is 0. The first-order valence-corrected chi connectivity index (χ1v) is 4.47. The summed E-state index contributed by atoms with van der Waals surface area (Å²) in [5.41, 5.74) is 0. The van der Waals surface area contributed by atoms with Crippen LogP contribution in [0.1, 0.15) is 20.8 Å². The van der Waals surface area contributed by atoms with Crippen LogP contribution >= 0.6 is 0 Å². The molecule has 72 valence electrons. The standard InChI is InChI=1S/C5H10N2O.C4H10/c1-7-3-2-6-5(8)4-7;1-4(2)3/h2-4H2,1H3,(H,6,8);4H,1-3H3. The average Bonchev–Trinajstić information content (AvgIpc) is 1.84. The zero-order chi connectivity index (χ0) is 9.56.